The molecule has 0 aliphatic carbocycles. The number of benzene rings is 6. The first-order chi connectivity index (χ1) is 30.2. The van der Waals surface area contributed by atoms with E-state index in [1.54, 1.807) is 69.0 Å². The molecule has 0 bridgehead atoms. The fraction of sp³-hybridized carbons (Fsp3) is 0.152. The van der Waals surface area contributed by atoms with Gasteiger partial charge in [-0.15, -0.1) is 47.9 Å². The van der Waals surface area contributed by atoms with Crippen LogP contribution in [-0.4, -0.2) is 57.7 Å². The molecule has 328 valence electrons. The summed E-state index contributed by atoms with van der Waals surface area (Å²) in [5.41, 5.74) is 17.5. The monoisotopic (exact) mass is 1010 g/mol. The van der Waals surface area contributed by atoms with Crippen LogP contribution < -0.4 is 26.2 Å². The molecule has 17 heteroatoms. The highest BCUT2D eigenvalue weighted by Gasteiger charge is 2.14. The molecule has 6 rings (SSSR count). The largest absolute Gasteiger partial charge is 0.369 e. The van der Waals surface area contributed by atoms with Gasteiger partial charge in [-0.2, -0.15) is 0 Å². The first-order valence-corrected chi connectivity index (χ1v) is 26.4. The number of hydrogen-bond donors (Lipinski definition) is 4. The van der Waals surface area contributed by atoms with Gasteiger partial charge in [0.25, 0.3) is 0 Å². The molecule has 0 aliphatic rings. The van der Waals surface area contributed by atoms with Gasteiger partial charge in [0.05, 0.1) is 21.4 Å². The number of nitrogens with one attached hydrogen (secondary N) is 1. The van der Waals surface area contributed by atoms with E-state index < -0.39 is 0 Å². The number of anilines is 3. The van der Waals surface area contributed by atoms with E-state index in [0.717, 1.165) is 47.1 Å². The third-order valence-electron chi connectivity index (χ3n) is 9.34. The Labute approximate surface area is 412 Å². The zero-order chi connectivity index (χ0) is 45.6. The highest BCUT2D eigenvalue weighted by atomic mass is 35.5. The number of nitrogens with two attached hydrogens (primary N) is 2. The molecular weight excluding hydrogens is 963 g/mol. The zero-order valence-electron chi connectivity index (χ0n) is 35.3. The fourth-order valence-electron chi connectivity index (χ4n) is 5.62. The Morgan fingerprint density at radius 1 is 0.540 bits per heavy atom. The molecule has 0 aliphatic heterocycles. The lowest BCUT2D eigenvalue weighted by molar-refractivity contribution is 1.13. The first kappa shape index (κ1) is 50.3. The molecule has 0 saturated carbocycles. The molecule has 0 aromatic heterocycles. The normalized spacial score (nSPS) is 11.5. The highest BCUT2D eigenvalue weighted by molar-refractivity contribution is 8.76. The lowest BCUT2D eigenvalue weighted by atomic mass is 10.1. The summed E-state index contributed by atoms with van der Waals surface area (Å²) in [6.07, 6.45) is 6.54. The third-order valence-corrected chi connectivity index (χ3v) is 15.2. The lowest BCUT2D eigenvalue weighted by Crippen LogP contribution is -2.33. The second kappa shape index (κ2) is 24.6. The van der Waals surface area contributed by atoms with Crippen molar-refractivity contribution in [2.45, 2.75) is 35.8 Å². The fourth-order valence-corrected chi connectivity index (χ4v) is 9.67. The van der Waals surface area contributed by atoms with Crippen LogP contribution in [0.4, 0.5) is 28.4 Å². The predicted octanol–water partition coefficient (Wildman–Crippen LogP) is 14.4. The van der Waals surface area contributed by atoms with E-state index >= 15 is 0 Å². The van der Waals surface area contributed by atoms with Gasteiger partial charge in [0.15, 0.2) is 0 Å². The molecule has 0 fully saturated rings. The molecule has 0 amide bonds. The summed E-state index contributed by atoms with van der Waals surface area (Å²) >= 11 is 28.5. The average molecular weight is 1010 g/mol. The maximum absolute atomic E-state index is 8.71. The van der Waals surface area contributed by atoms with Gasteiger partial charge in [0.1, 0.15) is 5.84 Å². The van der Waals surface area contributed by atoms with Gasteiger partial charge in [0, 0.05) is 79.0 Å². The highest BCUT2D eigenvalue weighted by Crippen LogP contribution is 2.41. The van der Waals surface area contributed by atoms with Gasteiger partial charge in [-0.1, -0.05) is 74.6 Å². The second-order valence-electron chi connectivity index (χ2n) is 13.5. The van der Waals surface area contributed by atoms with Crippen LogP contribution >= 0.6 is 104 Å². The molecule has 8 nitrogen and oxygen atoms in total. The average Bonchev–Trinajstić information content (AvgIpc) is 3.30. The van der Waals surface area contributed by atoms with E-state index in [1.807, 2.05) is 133 Å². The summed E-state index contributed by atoms with van der Waals surface area (Å²) < 4.78 is 0. The van der Waals surface area contributed by atoms with Crippen LogP contribution in [0.1, 0.15) is 5.56 Å². The number of thioether (sulfide) groups is 3. The lowest BCUT2D eigenvalue weighted by Gasteiger charge is -2.21. The summed E-state index contributed by atoms with van der Waals surface area (Å²) in [5.74, 6) is 1.18. The van der Waals surface area contributed by atoms with Gasteiger partial charge in [0.2, 0.25) is 11.9 Å². The smallest absolute Gasteiger partial charge is 0.200 e. The number of nitrogens with zero attached hydrogens (tertiary/aromatic N) is 5. The maximum atomic E-state index is 8.71. The molecular formula is C46H47Cl3N8S6. The number of rotatable bonds is 13. The minimum Gasteiger partial charge on any atom is -0.369 e. The van der Waals surface area contributed by atoms with E-state index in [9.17, 15) is 0 Å². The SMILES string of the molecule is CSc1cccc(N(C)C(=N)Cc2cc(SSc3ccc(Cl)c(N=C(N)N(C)c4cccc(SC)c4)c3)ccc2Cl)c1.CSc1cccc(N(C)C(N)=Nc2cc(S)ccc2Cl)c1. The van der Waals surface area contributed by atoms with E-state index in [2.05, 4.69) is 59.0 Å². The predicted molar refractivity (Wildman–Crippen MR) is 287 cm³/mol. The van der Waals surface area contributed by atoms with Crippen molar-refractivity contribution in [2.75, 3.05) is 54.6 Å². The number of aliphatic imine (C=N–C) groups is 2. The summed E-state index contributed by atoms with van der Waals surface area (Å²) in [6, 6.07) is 41.4. The number of hydrogen-bond acceptors (Lipinski definition) is 9. The van der Waals surface area contributed by atoms with Crippen LogP contribution in [0.2, 0.25) is 15.1 Å². The van der Waals surface area contributed by atoms with E-state index in [0.29, 0.717) is 50.6 Å². The maximum Gasteiger partial charge on any atom is 0.200 e. The molecule has 5 N–H and O–H groups in total. The minimum absolute atomic E-state index is 0.347. The molecule has 0 heterocycles. The van der Waals surface area contributed by atoms with Crippen molar-refractivity contribution >= 4 is 150 Å². The van der Waals surface area contributed by atoms with E-state index in [1.165, 1.54) is 4.90 Å². The zero-order valence-corrected chi connectivity index (χ0v) is 42.6. The second-order valence-corrected chi connectivity index (χ2v) is 20.2. The molecule has 63 heavy (non-hydrogen) atoms. The Balaban J connectivity index is 0.000000298. The van der Waals surface area contributed by atoms with Crippen molar-refractivity contribution in [1.29, 1.82) is 5.41 Å². The standard InChI is InChI=1S/C31H31Cl2N5S4.C15H16ClN3S2/c1-37(21-7-5-9-23(17-21)39-3)30(34)16-20-15-25(11-13-27(20)32)41-42-26-12-14-28(33)29(19-26)36-31(35)38(2)22-8-6-10-24(18-22)40-4;1-19(10-4-3-5-12(8-10)21-2)15(17)18-14-9-11(20)6-7-13(14)16/h5-15,17-19,34H,16H2,1-4H3,(H2,35,36);3-9,20H,1-2H3,(H2,17,18). The van der Waals surface area contributed by atoms with Crippen LogP contribution in [0, 0.1) is 5.41 Å². The van der Waals surface area contributed by atoms with Gasteiger partial charge in [-0.25, -0.2) is 9.98 Å². The molecule has 0 atom stereocenters. The van der Waals surface area contributed by atoms with Gasteiger partial charge < -0.3 is 26.2 Å². The quantitative estimate of drug-likeness (QED) is 0.0293. The van der Waals surface area contributed by atoms with Gasteiger partial charge in [-0.05, 0) is 134 Å². The van der Waals surface area contributed by atoms with Crippen molar-refractivity contribution in [3.63, 3.8) is 0 Å². The summed E-state index contributed by atoms with van der Waals surface area (Å²) in [7, 11) is 8.88. The van der Waals surface area contributed by atoms with Crippen LogP contribution in [0.3, 0.4) is 0 Å². The van der Waals surface area contributed by atoms with Crippen molar-refractivity contribution in [3.05, 3.63) is 148 Å². The van der Waals surface area contributed by atoms with Crippen LogP contribution in [0.5, 0.6) is 0 Å². The van der Waals surface area contributed by atoms with Crippen molar-refractivity contribution in [1.82, 2.24) is 0 Å². The summed E-state index contributed by atoms with van der Waals surface area (Å²) in [4.78, 5) is 20.9. The Morgan fingerprint density at radius 3 is 1.43 bits per heavy atom. The summed E-state index contributed by atoms with van der Waals surface area (Å²) in [5, 5.41) is 10.4. The number of guanidine groups is 2. The van der Waals surface area contributed by atoms with Gasteiger partial charge >= 0.3 is 0 Å². The van der Waals surface area contributed by atoms with Crippen molar-refractivity contribution in [3.8, 4) is 0 Å². The van der Waals surface area contributed by atoms with Crippen molar-refractivity contribution < 1.29 is 0 Å². The molecule has 6 aromatic rings. The van der Waals surface area contributed by atoms with Gasteiger partial charge in [-0.3, -0.25) is 5.41 Å². The minimum atomic E-state index is 0.347. The molecule has 0 radical (unpaired) electrons. The Morgan fingerprint density at radius 2 is 0.952 bits per heavy atom. The third kappa shape index (κ3) is 14.7. The number of thiol groups is 1. The number of likely N-dealkylation sites (N-methyl/N-ethyl adjacent to an activating group) is 1. The van der Waals surface area contributed by atoms with E-state index in [-0.39, 0.29) is 0 Å². The molecule has 0 saturated heterocycles. The van der Waals surface area contributed by atoms with Crippen LogP contribution in [0.15, 0.2) is 167 Å². The topological polar surface area (TPSA) is 110 Å². The Bertz CT molecular complexity index is 2590. The summed E-state index contributed by atoms with van der Waals surface area (Å²) in [6.45, 7) is 0. The number of halogens is 3. The molecule has 0 unspecified atom stereocenters. The molecule has 0 spiro atoms. The van der Waals surface area contributed by atoms with Crippen LogP contribution in [0.25, 0.3) is 0 Å². The Hall–Kier alpha value is -3.70. The number of amidine groups is 1. The Kier molecular flexibility index (Phi) is 19.6. The van der Waals surface area contributed by atoms with Crippen LogP contribution in [-0.2, 0) is 6.42 Å². The van der Waals surface area contributed by atoms with Crippen molar-refractivity contribution in [2.24, 2.45) is 21.5 Å². The first-order valence-electron chi connectivity index (χ1n) is 19.0. The van der Waals surface area contributed by atoms with E-state index in [4.69, 9.17) is 51.7 Å². The molecule has 6 aromatic carbocycles.